The maximum Gasteiger partial charge on any atom is 0.237 e. The molecule has 0 spiro atoms. The van der Waals surface area contributed by atoms with Crippen molar-refractivity contribution < 1.29 is 4.79 Å². The Bertz CT molecular complexity index is 917. The number of hydrogen-bond acceptors (Lipinski definition) is 2. The number of carbonyl (C=O) groups excluding carboxylic acids is 1. The second-order valence-corrected chi connectivity index (χ2v) is 6.31. The topological polar surface area (TPSA) is 60.4 Å². The zero-order chi connectivity index (χ0) is 16.4. The van der Waals surface area contributed by atoms with Gasteiger partial charge in [0.15, 0.2) is 0 Å². The quantitative estimate of drug-likeness (QED) is 0.664. The molecule has 3 aromatic rings. The molecule has 0 saturated heterocycles. The highest BCUT2D eigenvalue weighted by atomic mass is 79.9. The minimum atomic E-state index is -0.381. The first-order valence-corrected chi connectivity index (χ1v) is 8.07. The summed E-state index contributed by atoms with van der Waals surface area (Å²) >= 11 is 9.43. The molecule has 0 atom stereocenters. The van der Waals surface area contributed by atoms with Crippen molar-refractivity contribution in [3.8, 4) is 0 Å². The molecule has 0 bridgehead atoms. The third-order valence-electron chi connectivity index (χ3n) is 3.40. The summed E-state index contributed by atoms with van der Waals surface area (Å²) in [6.07, 6.45) is 3.64. The molecule has 4 nitrogen and oxygen atoms in total. The first-order valence-electron chi connectivity index (χ1n) is 6.90. The normalized spacial score (nSPS) is 11.4. The summed E-state index contributed by atoms with van der Waals surface area (Å²) in [5.41, 5.74) is 7.93. The molecule has 1 heterocycles. The molecule has 0 aliphatic rings. The number of nitrogens with zero attached hydrogens (tertiary/aromatic N) is 2. The monoisotopic (exact) mass is 389 g/mol. The van der Waals surface area contributed by atoms with E-state index in [2.05, 4.69) is 20.9 Å². The van der Waals surface area contributed by atoms with Gasteiger partial charge in [-0.3, -0.25) is 9.79 Å². The van der Waals surface area contributed by atoms with E-state index in [-0.39, 0.29) is 12.5 Å². The van der Waals surface area contributed by atoms with E-state index < -0.39 is 0 Å². The van der Waals surface area contributed by atoms with E-state index in [4.69, 9.17) is 17.3 Å². The SMILES string of the molecule is NC(=O)Cn1cc(C=Nc2ccc(Br)c(Cl)c2)c2ccccc21. The Hall–Kier alpha value is -2.11. The summed E-state index contributed by atoms with van der Waals surface area (Å²) in [5, 5.41) is 1.62. The lowest BCUT2D eigenvalue weighted by molar-refractivity contribution is -0.118. The number of para-hydroxylation sites is 1. The summed E-state index contributed by atoms with van der Waals surface area (Å²) in [6.45, 7) is 0.137. The Morgan fingerprint density at radius 2 is 2.09 bits per heavy atom. The lowest BCUT2D eigenvalue weighted by Gasteiger charge is -2.00. The van der Waals surface area contributed by atoms with Crippen LogP contribution in [-0.4, -0.2) is 16.7 Å². The molecule has 0 radical (unpaired) electrons. The first kappa shape index (κ1) is 15.8. The maximum absolute atomic E-state index is 11.2. The number of amides is 1. The van der Waals surface area contributed by atoms with Gasteiger partial charge >= 0.3 is 0 Å². The smallest absolute Gasteiger partial charge is 0.237 e. The average Bonchev–Trinajstić information content (AvgIpc) is 2.86. The largest absolute Gasteiger partial charge is 0.368 e. The lowest BCUT2D eigenvalue weighted by Crippen LogP contribution is -2.17. The molecule has 2 aromatic carbocycles. The van der Waals surface area contributed by atoms with Crippen molar-refractivity contribution in [2.24, 2.45) is 10.7 Å². The van der Waals surface area contributed by atoms with Crippen molar-refractivity contribution in [3.63, 3.8) is 0 Å². The second kappa shape index (κ2) is 6.56. The number of halogens is 2. The Labute approximate surface area is 146 Å². The molecule has 116 valence electrons. The number of primary amides is 1. The molecule has 6 heteroatoms. The fraction of sp³-hybridized carbons (Fsp3) is 0.0588. The minimum absolute atomic E-state index is 0.137. The molecular formula is C17H13BrClN3O. The molecular weight excluding hydrogens is 378 g/mol. The Morgan fingerprint density at radius 1 is 1.30 bits per heavy atom. The fourth-order valence-corrected chi connectivity index (χ4v) is 2.81. The van der Waals surface area contributed by atoms with Crippen LogP contribution in [0.15, 0.2) is 58.1 Å². The van der Waals surface area contributed by atoms with Crippen LogP contribution in [0.1, 0.15) is 5.56 Å². The summed E-state index contributed by atoms with van der Waals surface area (Å²) in [7, 11) is 0. The predicted octanol–water partition coefficient (Wildman–Crippen LogP) is 4.29. The molecule has 0 fully saturated rings. The Balaban J connectivity index is 2.00. The summed E-state index contributed by atoms with van der Waals surface area (Å²) < 4.78 is 2.66. The third kappa shape index (κ3) is 3.46. The van der Waals surface area contributed by atoms with Crippen molar-refractivity contribution in [1.82, 2.24) is 4.57 Å². The highest BCUT2D eigenvalue weighted by Crippen LogP contribution is 2.27. The zero-order valence-electron chi connectivity index (χ0n) is 12.0. The van der Waals surface area contributed by atoms with Crippen molar-refractivity contribution in [2.45, 2.75) is 6.54 Å². The molecule has 23 heavy (non-hydrogen) atoms. The zero-order valence-corrected chi connectivity index (χ0v) is 14.4. The van der Waals surface area contributed by atoms with E-state index in [1.165, 1.54) is 0 Å². The molecule has 3 rings (SSSR count). The number of aliphatic imine (C=N–C) groups is 1. The molecule has 0 aliphatic heterocycles. The summed E-state index contributed by atoms with van der Waals surface area (Å²) in [5.74, 6) is -0.381. The van der Waals surface area contributed by atoms with E-state index in [0.29, 0.717) is 5.02 Å². The minimum Gasteiger partial charge on any atom is -0.368 e. The van der Waals surface area contributed by atoms with Crippen molar-refractivity contribution in [3.05, 3.63) is 63.7 Å². The van der Waals surface area contributed by atoms with Crippen molar-refractivity contribution >= 4 is 56.2 Å². The van der Waals surface area contributed by atoms with E-state index in [1.807, 2.05) is 47.2 Å². The third-order valence-corrected chi connectivity index (χ3v) is 4.63. The number of benzene rings is 2. The van der Waals surface area contributed by atoms with E-state index in [1.54, 1.807) is 12.3 Å². The van der Waals surface area contributed by atoms with Crippen LogP contribution in [0.2, 0.25) is 5.02 Å². The van der Waals surface area contributed by atoms with Crippen molar-refractivity contribution in [1.29, 1.82) is 0 Å². The second-order valence-electron chi connectivity index (χ2n) is 5.05. The molecule has 0 aliphatic carbocycles. The molecule has 1 aromatic heterocycles. The fourth-order valence-electron chi connectivity index (χ4n) is 2.39. The number of rotatable bonds is 4. The lowest BCUT2D eigenvalue weighted by atomic mass is 10.2. The van der Waals surface area contributed by atoms with Gasteiger partial charge in [0, 0.05) is 33.4 Å². The number of hydrogen-bond donors (Lipinski definition) is 1. The van der Waals surface area contributed by atoms with Gasteiger partial charge in [0.1, 0.15) is 6.54 Å². The van der Waals surface area contributed by atoms with Gasteiger partial charge in [-0.05, 0) is 40.2 Å². The Morgan fingerprint density at radius 3 is 2.83 bits per heavy atom. The van der Waals surface area contributed by atoms with Gasteiger partial charge in [-0.2, -0.15) is 0 Å². The molecule has 1 amide bonds. The first-order chi connectivity index (χ1) is 11.0. The summed E-state index contributed by atoms with van der Waals surface area (Å²) in [6, 6.07) is 13.3. The van der Waals surface area contributed by atoms with E-state index in [9.17, 15) is 4.79 Å². The van der Waals surface area contributed by atoms with Crippen LogP contribution in [0.3, 0.4) is 0 Å². The van der Waals surface area contributed by atoms with Crippen LogP contribution in [0.5, 0.6) is 0 Å². The number of carbonyl (C=O) groups is 1. The number of nitrogens with two attached hydrogens (primary N) is 1. The van der Waals surface area contributed by atoms with Crippen LogP contribution >= 0.6 is 27.5 Å². The van der Waals surface area contributed by atoms with Gasteiger partial charge in [0.2, 0.25) is 5.91 Å². The van der Waals surface area contributed by atoms with Gasteiger partial charge in [-0.1, -0.05) is 29.8 Å². The molecule has 2 N–H and O–H groups in total. The summed E-state index contributed by atoms with van der Waals surface area (Å²) in [4.78, 5) is 15.7. The highest BCUT2D eigenvalue weighted by Gasteiger charge is 2.08. The van der Waals surface area contributed by atoms with Gasteiger partial charge in [0.25, 0.3) is 0 Å². The molecule has 0 unspecified atom stereocenters. The maximum atomic E-state index is 11.2. The Kier molecular flexibility index (Phi) is 4.50. The van der Waals surface area contributed by atoms with Gasteiger partial charge in [-0.15, -0.1) is 0 Å². The average molecular weight is 391 g/mol. The van der Waals surface area contributed by atoms with Crippen LogP contribution < -0.4 is 5.73 Å². The van der Waals surface area contributed by atoms with E-state index in [0.717, 1.165) is 26.6 Å². The van der Waals surface area contributed by atoms with Gasteiger partial charge < -0.3 is 10.3 Å². The standard InChI is InChI=1S/C17H13BrClN3O/c18-14-6-5-12(7-15(14)19)21-8-11-9-22(10-17(20)23)16-4-2-1-3-13(11)16/h1-9H,10H2,(H2,20,23). The highest BCUT2D eigenvalue weighted by molar-refractivity contribution is 9.10. The van der Waals surface area contributed by atoms with E-state index >= 15 is 0 Å². The molecule has 0 saturated carbocycles. The van der Waals surface area contributed by atoms with Crippen molar-refractivity contribution in [2.75, 3.05) is 0 Å². The van der Waals surface area contributed by atoms with Gasteiger partial charge in [0.05, 0.1) is 10.7 Å². The van der Waals surface area contributed by atoms with Crippen LogP contribution in [0.25, 0.3) is 10.9 Å². The van der Waals surface area contributed by atoms with Crippen LogP contribution in [-0.2, 0) is 11.3 Å². The predicted molar refractivity (Wildman–Crippen MR) is 97.5 cm³/mol. The number of fused-ring (bicyclic) bond motifs is 1. The van der Waals surface area contributed by atoms with Crippen LogP contribution in [0, 0.1) is 0 Å². The van der Waals surface area contributed by atoms with Crippen LogP contribution in [0.4, 0.5) is 5.69 Å². The van der Waals surface area contributed by atoms with Gasteiger partial charge in [-0.25, -0.2) is 0 Å². The number of aromatic nitrogens is 1.